The van der Waals surface area contributed by atoms with Crippen LogP contribution in [0, 0.1) is 20.8 Å². The largest absolute Gasteiger partial charge is 0.337 e. The molecule has 0 unspecified atom stereocenters. The molecule has 29 heavy (non-hydrogen) atoms. The van der Waals surface area contributed by atoms with Crippen LogP contribution in [0.1, 0.15) is 23.1 Å². The van der Waals surface area contributed by atoms with Crippen LogP contribution < -0.4 is 4.80 Å². The van der Waals surface area contributed by atoms with Crippen molar-refractivity contribution in [1.82, 2.24) is 14.1 Å². The molecule has 0 N–H and O–H groups in total. The van der Waals surface area contributed by atoms with Crippen LogP contribution in [0.25, 0.3) is 11.3 Å². The lowest BCUT2D eigenvalue weighted by Crippen LogP contribution is -2.17. The molecule has 0 bridgehead atoms. The van der Waals surface area contributed by atoms with Crippen molar-refractivity contribution >= 4 is 17.0 Å². The highest BCUT2D eigenvalue weighted by Gasteiger charge is 2.09. The van der Waals surface area contributed by atoms with Crippen molar-refractivity contribution in [3.63, 3.8) is 0 Å². The Morgan fingerprint density at radius 1 is 0.966 bits per heavy atom. The van der Waals surface area contributed by atoms with Crippen molar-refractivity contribution in [1.29, 1.82) is 0 Å². The van der Waals surface area contributed by atoms with Crippen LogP contribution in [0.2, 0.25) is 0 Å². The summed E-state index contributed by atoms with van der Waals surface area (Å²) in [5.41, 5.74) is 7.31. The van der Waals surface area contributed by atoms with Gasteiger partial charge in [-0.3, -0.25) is 0 Å². The van der Waals surface area contributed by atoms with E-state index in [4.69, 9.17) is 4.99 Å². The Labute approximate surface area is 175 Å². The summed E-state index contributed by atoms with van der Waals surface area (Å²) in [6.45, 7) is 8.25. The summed E-state index contributed by atoms with van der Waals surface area (Å²) in [5, 5.41) is 2.22. The first kappa shape index (κ1) is 19.4. The minimum Gasteiger partial charge on any atom is -0.337 e. The molecule has 0 saturated heterocycles. The molecular formula is C24H26N4S. The Morgan fingerprint density at radius 3 is 2.52 bits per heavy atom. The number of thiazole rings is 1. The van der Waals surface area contributed by atoms with Gasteiger partial charge in [-0.2, -0.15) is 0 Å². The van der Waals surface area contributed by atoms with E-state index in [1.807, 2.05) is 18.7 Å². The van der Waals surface area contributed by atoms with E-state index in [2.05, 4.69) is 82.7 Å². The van der Waals surface area contributed by atoms with E-state index in [1.165, 1.54) is 27.9 Å². The van der Waals surface area contributed by atoms with E-state index in [-0.39, 0.29) is 0 Å². The lowest BCUT2D eigenvalue weighted by atomic mass is 10.1. The second-order valence-corrected chi connectivity index (χ2v) is 8.29. The van der Waals surface area contributed by atoms with Gasteiger partial charge in [0.05, 0.1) is 17.7 Å². The number of nitrogens with zero attached hydrogens (tertiary/aromatic N) is 4. The monoisotopic (exact) mass is 402 g/mol. The van der Waals surface area contributed by atoms with E-state index in [9.17, 15) is 0 Å². The van der Waals surface area contributed by atoms with E-state index < -0.39 is 0 Å². The molecule has 0 spiro atoms. The van der Waals surface area contributed by atoms with Crippen LogP contribution in [-0.4, -0.2) is 14.1 Å². The van der Waals surface area contributed by atoms with Gasteiger partial charge in [-0.1, -0.05) is 35.9 Å². The minimum absolute atomic E-state index is 0.911. The standard InChI is InChI=1S/C24H26N4S/c1-18-5-8-21(9-6-18)23-16-29-24(26-22-10-7-19(2)20(3)15-22)28(23)13-4-12-27-14-11-25-17-27/h5-11,14-17H,4,12-13H2,1-3H3. The van der Waals surface area contributed by atoms with Crippen LogP contribution >= 0.6 is 11.3 Å². The van der Waals surface area contributed by atoms with E-state index >= 15 is 0 Å². The predicted molar refractivity (Wildman–Crippen MR) is 120 cm³/mol. The zero-order chi connectivity index (χ0) is 20.2. The molecule has 0 saturated carbocycles. The average Bonchev–Trinajstić information content (AvgIpc) is 3.36. The van der Waals surface area contributed by atoms with E-state index in [0.717, 1.165) is 30.0 Å². The summed E-state index contributed by atoms with van der Waals surface area (Å²) >= 11 is 1.71. The SMILES string of the molecule is Cc1ccc(-c2csc(=Nc3ccc(C)c(C)c3)n2CCCn2ccnc2)cc1. The average molecular weight is 403 g/mol. The molecule has 0 aliphatic carbocycles. The van der Waals surface area contributed by atoms with Crippen LogP contribution in [0.4, 0.5) is 5.69 Å². The molecule has 0 aliphatic rings. The summed E-state index contributed by atoms with van der Waals surface area (Å²) in [7, 11) is 0. The maximum atomic E-state index is 4.98. The van der Waals surface area contributed by atoms with E-state index in [1.54, 1.807) is 11.3 Å². The molecule has 2 heterocycles. The van der Waals surface area contributed by atoms with Crippen molar-refractivity contribution in [3.8, 4) is 11.3 Å². The molecule has 0 fully saturated rings. The third-order valence-electron chi connectivity index (χ3n) is 5.22. The molecule has 0 atom stereocenters. The molecule has 2 aromatic carbocycles. The Morgan fingerprint density at radius 2 is 1.79 bits per heavy atom. The second-order valence-electron chi connectivity index (χ2n) is 7.46. The molecule has 4 nitrogen and oxygen atoms in total. The van der Waals surface area contributed by atoms with Crippen LogP contribution in [0.3, 0.4) is 0 Å². The van der Waals surface area contributed by atoms with Crippen molar-refractivity contribution in [2.45, 2.75) is 40.3 Å². The molecule has 5 heteroatoms. The highest BCUT2D eigenvalue weighted by molar-refractivity contribution is 7.07. The number of aryl methyl sites for hydroxylation is 4. The van der Waals surface area contributed by atoms with Gasteiger partial charge in [-0.15, -0.1) is 11.3 Å². The van der Waals surface area contributed by atoms with Gasteiger partial charge in [0.2, 0.25) is 0 Å². The van der Waals surface area contributed by atoms with Crippen LogP contribution in [0.15, 0.2) is 71.6 Å². The maximum Gasteiger partial charge on any atom is 0.190 e. The highest BCUT2D eigenvalue weighted by Crippen LogP contribution is 2.22. The number of rotatable bonds is 6. The maximum absolute atomic E-state index is 4.98. The lowest BCUT2D eigenvalue weighted by Gasteiger charge is -2.10. The van der Waals surface area contributed by atoms with Crippen molar-refractivity contribution < 1.29 is 0 Å². The fraction of sp³-hybridized carbons (Fsp3) is 0.250. The first-order valence-corrected chi connectivity index (χ1v) is 10.8. The summed E-state index contributed by atoms with van der Waals surface area (Å²) in [5.74, 6) is 0. The quantitative estimate of drug-likeness (QED) is 0.410. The smallest absolute Gasteiger partial charge is 0.190 e. The molecule has 4 rings (SSSR count). The number of imidazole rings is 1. The number of aromatic nitrogens is 3. The predicted octanol–water partition coefficient (Wildman–Crippen LogP) is 5.66. The highest BCUT2D eigenvalue weighted by atomic mass is 32.1. The van der Waals surface area contributed by atoms with E-state index in [0.29, 0.717) is 0 Å². The summed E-state index contributed by atoms with van der Waals surface area (Å²) < 4.78 is 4.47. The van der Waals surface area contributed by atoms with Gasteiger partial charge < -0.3 is 9.13 Å². The van der Waals surface area contributed by atoms with Gasteiger partial charge in [0.1, 0.15) is 0 Å². The Kier molecular flexibility index (Phi) is 5.76. The fourth-order valence-electron chi connectivity index (χ4n) is 3.33. The number of hydrogen-bond acceptors (Lipinski definition) is 3. The van der Waals surface area contributed by atoms with Gasteiger partial charge in [-0.25, -0.2) is 9.98 Å². The Hall–Kier alpha value is -2.92. The molecule has 148 valence electrons. The normalized spacial score (nSPS) is 11.9. The summed E-state index contributed by atoms with van der Waals surface area (Å²) in [6.07, 6.45) is 6.74. The fourth-order valence-corrected chi connectivity index (χ4v) is 4.28. The zero-order valence-corrected chi connectivity index (χ0v) is 18.0. The molecule has 4 aromatic rings. The van der Waals surface area contributed by atoms with Gasteiger partial charge >= 0.3 is 0 Å². The third kappa shape index (κ3) is 4.57. The van der Waals surface area contributed by atoms with Gasteiger partial charge in [0.25, 0.3) is 0 Å². The van der Waals surface area contributed by atoms with Crippen molar-refractivity contribution in [2.75, 3.05) is 0 Å². The molecule has 0 aliphatic heterocycles. The summed E-state index contributed by atoms with van der Waals surface area (Å²) in [6, 6.07) is 15.1. The van der Waals surface area contributed by atoms with Crippen molar-refractivity contribution in [3.05, 3.63) is 88.1 Å². The second kappa shape index (κ2) is 8.62. The Bertz CT molecular complexity index is 1150. The van der Waals surface area contributed by atoms with Crippen LogP contribution in [-0.2, 0) is 13.1 Å². The topological polar surface area (TPSA) is 35.1 Å². The van der Waals surface area contributed by atoms with Crippen molar-refractivity contribution in [2.24, 2.45) is 4.99 Å². The molecule has 0 radical (unpaired) electrons. The molecule has 2 aromatic heterocycles. The van der Waals surface area contributed by atoms with Crippen LogP contribution in [0.5, 0.6) is 0 Å². The molecular weight excluding hydrogens is 376 g/mol. The summed E-state index contributed by atoms with van der Waals surface area (Å²) in [4.78, 5) is 10.2. The lowest BCUT2D eigenvalue weighted by molar-refractivity contribution is 0.559. The zero-order valence-electron chi connectivity index (χ0n) is 17.2. The van der Waals surface area contributed by atoms with Gasteiger partial charge in [-0.05, 0) is 56.0 Å². The Balaban J connectivity index is 1.70. The number of benzene rings is 2. The first-order chi connectivity index (χ1) is 14.1. The first-order valence-electron chi connectivity index (χ1n) is 9.93. The molecule has 0 amide bonds. The minimum atomic E-state index is 0.911. The van der Waals surface area contributed by atoms with Gasteiger partial charge in [0, 0.05) is 30.9 Å². The third-order valence-corrected chi connectivity index (χ3v) is 6.08. The number of hydrogen-bond donors (Lipinski definition) is 0. The van der Waals surface area contributed by atoms with Gasteiger partial charge in [0.15, 0.2) is 4.80 Å².